The Morgan fingerprint density at radius 3 is 2.67 bits per heavy atom. The summed E-state index contributed by atoms with van der Waals surface area (Å²) < 4.78 is 5.13. The van der Waals surface area contributed by atoms with Crippen LogP contribution in [0.4, 0.5) is 0 Å². The lowest BCUT2D eigenvalue weighted by atomic mass is 10.1. The number of hydrogen-bond acceptors (Lipinski definition) is 3. The SMILES string of the molecule is NC(Cc1ccccc1)C(=O)NCc1ccco1. The Labute approximate surface area is 106 Å². The number of furan rings is 1. The van der Waals surface area contributed by atoms with Gasteiger partial charge in [0, 0.05) is 0 Å². The van der Waals surface area contributed by atoms with Crippen molar-refractivity contribution >= 4 is 5.91 Å². The molecule has 2 aromatic rings. The zero-order valence-electron chi connectivity index (χ0n) is 10.0. The first-order valence-corrected chi connectivity index (χ1v) is 5.85. The third-order valence-corrected chi connectivity index (χ3v) is 2.65. The van der Waals surface area contributed by atoms with E-state index in [-0.39, 0.29) is 5.91 Å². The molecule has 1 atom stereocenters. The molecule has 0 saturated carbocycles. The van der Waals surface area contributed by atoms with Crippen LogP contribution in [-0.4, -0.2) is 11.9 Å². The minimum absolute atomic E-state index is 0.171. The van der Waals surface area contributed by atoms with Crippen molar-refractivity contribution in [3.63, 3.8) is 0 Å². The maximum Gasteiger partial charge on any atom is 0.237 e. The van der Waals surface area contributed by atoms with Crippen LogP contribution in [0.25, 0.3) is 0 Å². The molecule has 2 rings (SSSR count). The molecule has 1 unspecified atom stereocenters. The zero-order chi connectivity index (χ0) is 12.8. The summed E-state index contributed by atoms with van der Waals surface area (Å²) in [7, 11) is 0. The van der Waals surface area contributed by atoms with Crippen molar-refractivity contribution in [2.24, 2.45) is 5.73 Å². The van der Waals surface area contributed by atoms with E-state index in [1.165, 1.54) is 0 Å². The Balaban J connectivity index is 1.82. The van der Waals surface area contributed by atoms with Crippen LogP contribution < -0.4 is 11.1 Å². The van der Waals surface area contributed by atoms with Gasteiger partial charge in [0.05, 0.1) is 18.8 Å². The molecular weight excluding hydrogens is 228 g/mol. The van der Waals surface area contributed by atoms with Crippen molar-refractivity contribution < 1.29 is 9.21 Å². The number of amides is 1. The summed E-state index contributed by atoms with van der Waals surface area (Å²) in [6.45, 7) is 0.369. The van der Waals surface area contributed by atoms with Crippen LogP contribution in [0.5, 0.6) is 0 Å². The van der Waals surface area contributed by atoms with Gasteiger partial charge in [-0.25, -0.2) is 0 Å². The lowest BCUT2D eigenvalue weighted by Gasteiger charge is -2.11. The van der Waals surface area contributed by atoms with Gasteiger partial charge in [0.1, 0.15) is 5.76 Å². The number of hydrogen-bond donors (Lipinski definition) is 2. The van der Waals surface area contributed by atoms with E-state index in [0.717, 1.165) is 11.3 Å². The fraction of sp³-hybridized carbons (Fsp3) is 0.214. The van der Waals surface area contributed by atoms with Gasteiger partial charge in [-0.2, -0.15) is 0 Å². The highest BCUT2D eigenvalue weighted by Crippen LogP contribution is 2.03. The summed E-state index contributed by atoms with van der Waals surface area (Å²) in [6, 6.07) is 12.8. The van der Waals surface area contributed by atoms with Crippen molar-refractivity contribution in [1.29, 1.82) is 0 Å². The molecule has 0 aliphatic heterocycles. The number of rotatable bonds is 5. The maximum absolute atomic E-state index is 11.8. The fourth-order valence-corrected chi connectivity index (χ4v) is 1.68. The predicted octanol–water partition coefficient (Wildman–Crippen LogP) is 1.47. The van der Waals surface area contributed by atoms with E-state index in [9.17, 15) is 4.79 Å². The molecule has 1 heterocycles. The lowest BCUT2D eigenvalue weighted by molar-refractivity contribution is -0.122. The van der Waals surface area contributed by atoms with Gasteiger partial charge >= 0.3 is 0 Å². The second kappa shape index (κ2) is 6.02. The second-order valence-corrected chi connectivity index (χ2v) is 4.09. The second-order valence-electron chi connectivity index (χ2n) is 4.09. The van der Waals surface area contributed by atoms with Gasteiger partial charge in [-0.05, 0) is 24.1 Å². The number of carbonyl (C=O) groups is 1. The van der Waals surface area contributed by atoms with Crippen molar-refractivity contribution in [2.75, 3.05) is 0 Å². The van der Waals surface area contributed by atoms with Gasteiger partial charge in [0.25, 0.3) is 0 Å². The Morgan fingerprint density at radius 2 is 2.00 bits per heavy atom. The molecule has 1 aromatic carbocycles. The quantitative estimate of drug-likeness (QED) is 0.836. The summed E-state index contributed by atoms with van der Waals surface area (Å²) in [6.07, 6.45) is 2.11. The van der Waals surface area contributed by atoms with E-state index in [2.05, 4.69) is 5.32 Å². The highest BCUT2D eigenvalue weighted by molar-refractivity contribution is 5.81. The number of benzene rings is 1. The molecule has 4 nitrogen and oxygen atoms in total. The minimum Gasteiger partial charge on any atom is -0.467 e. The van der Waals surface area contributed by atoms with Gasteiger partial charge in [-0.3, -0.25) is 4.79 Å². The van der Waals surface area contributed by atoms with Gasteiger partial charge in [-0.15, -0.1) is 0 Å². The van der Waals surface area contributed by atoms with Crippen molar-refractivity contribution in [3.8, 4) is 0 Å². The average Bonchev–Trinajstić information content (AvgIpc) is 2.90. The van der Waals surface area contributed by atoms with E-state index in [1.807, 2.05) is 36.4 Å². The molecule has 0 bridgehead atoms. The molecule has 94 valence electrons. The van der Waals surface area contributed by atoms with Crippen molar-refractivity contribution in [1.82, 2.24) is 5.32 Å². The molecule has 0 aliphatic carbocycles. The fourth-order valence-electron chi connectivity index (χ4n) is 1.68. The summed E-state index contributed by atoms with van der Waals surface area (Å²) >= 11 is 0. The molecule has 0 radical (unpaired) electrons. The van der Waals surface area contributed by atoms with Crippen LogP contribution in [0.15, 0.2) is 53.1 Å². The third kappa shape index (κ3) is 3.46. The summed E-state index contributed by atoms with van der Waals surface area (Å²) in [5, 5.41) is 2.75. The molecular formula is C14H16N2O2. The normalized spacial score (nSPS) is 12.1. The van der Waals surface area contributed by atoms with Crippen LogP contribution >= 0.6 is 0 Å². The first-order valence-electron chi connectivity index (χ1n) is 5.85. The third-order valence-electron chi connectivity index (χ3n) is 2.65. The van der Waals surface area contributed by atoms with Crippen LogP contribution in [-0.2, 0) is 17.8 Å². The highest BCUT2D eigenvalue weighted by atomic mass is 16.3. The van der Waals surface area contributed by atoms with E-state index >= 15 is 0 Å². The van der Waals surface area contributed by atoms with Crippen LogP contribution in [0.3, 0.4) is 0 Å². The smallest absolute Gasteiger partial charge is 0.237 e. The molecule has 0 fully saturated rings. The molecule has 0 saturated heterocycles. The number of nitrogens with two attached hydrogens (primary N) is 1. The first-order chi connectivity index (χ1) is 8.75. The van der Waals surface area contributed by atoms with E-state index in [0.29, 0.717) is 13.0 Å². The van der Waals surface area contributed by atoms with Crippen LogP contribution in [0, 0.1) is 0 Å². The Kier molecular flexibility index (Phi) is 4.15. The van der Waals surface area contributed by atoms with Gasteiger partial charge < -0.3 is 15.5 Å². The van der Waals surface area contributed by atoms with E-state index < -0.39 is 6.04 Å². The highest BCUT2D eigenvalue weighted by Gasteiger charge is 2.13. The van der Waals surface area contributed by atoms with E-state index in [4.69, 9.17) is 10.2 Å². The van der Waals surface area contributed by atoms with Gasteiger partial charge in [0.15, 0.2) is 0 Å². The largest absolute Gasteiger partial charge is 0.467 e. The lowest BCUT2D eigenvalue weighted by Crippen LogP contribution is -2.41. The molecule has 1 aromatic heterocycles. The standard InChI is InChI=1S/C14H16N2O2/c15-13(9-11-5-2-1-3-6-11)14(17)16-10-12-7-4-8-18-12/h1-8,13H,9-10,15H2,(H,16,17). The number of nitrogens with one attached hydrogen (secondary N) is 1. The topological polar surface area (TPSA) is 68.3 Å². The zero-order valence-corrected chi connectivity index (χ0v) is 10.0. The molecule has 18 heavy (non-hydrogen) atoms. The summed E-state index contributed by atoms with van der Waals surface area (Å²) in [5.41, 5.74) is 6.90. The van der Waals surface area contributed by atoms with Gasteiger partial charge in [-0.1, -0.05) is 30.3 Å². The maximum atomic E-state index is 11.8. The van der Waals surface area contributed by atoms with Gasteiger partial charge in [0.2, 0.25) is 5.91 Å². The van der Waals surface area contributed by atoms with Crippen LogP contribution in [0.2, 0.25) is 0 Å². The first kappa shape index (κ1) is 12.4. The molecule has 0 spiro atoms. The Morgan fingerprint density at radius 1 is 1.22 bits per heavy atom. The van der Waals surface area contributed by atoms with E-state index in [1.54, 1.807) is 12.3 Å². The Bertz CT molecular complexity index is 480. The summed E-state index contributed by atoms with van der Waals surface area (Å²) in [5.74, 6) is 0.547. The molecule has 3 N–H and O–H groups in total. The monoisotopic (exact) mass is 244 g/mol. The molecule has 1 amide bonds. The predicted molar refractivity (Wildman–Crippen MR) is 68.7 cm³/mol. The summed E-state index contributed by atoms with van der Waals surface area (Å²) in [4.78, 5) is 11.8. The number of carbonyl (C=O) groups excluding carboxylic acids is 1. The minimum atomic E-state index is -0.539. The molecule has 4 heteroatoms. The Hall–Kier alpha value is -2.07. The van der Waals surface area contributed by atoms with Crippen LogP contribution in [0.1, 0.15) is 11.3 Å². The van der Waals surface area contributed by atoms with Crippen molar-refractivity contribution in [2.45, 2.75) is 19.0 Å². The molecule has 0 aliphatic rings. The average molecular weight is 244 g/mol. The van der Waals surface area contributed by atoms with Crippen molar-refractivity contribution in [3.05, 3.63) is 60.1 Å².